The summed E-state index contributed by atoms with van der Waals surface area (Å²) in [6, 6.07) is 11.7. The topological polar surface area (TPSA) is 61.4 Å². The fraction of sp³-hybridized carbons (Fsp3) is 0.368. The minimum Gasteiger partial charge on any atom is -0.347 e. The van der Waals surface area contributed by atoms with Gasteiger partial charge in [-0.15, -0.1) is 23.7 Å². The predicted octanol–water partition coefficient (Wildman–Crippen LogP) is 2.92. The number of hydrogen-bond donors (Lipinski definition) is 2. The molecule has 1 aromatic heterocycles. The van der Waals surface area contributed by atoms with E-state index in [1.807, 2.05) is 47.7 Å². The lowest BCUT2D eigenvalue weighted by atomic mass is 10.0. The summed E-state index contributed by atoms with van der Waals surface area (Å²) >= 11 is 1.42. The van der Waals surface area contributed by atoms with Gasteiger partial charge in [-0.3, -0.25) is 9.59 Å². The summed E-state index contributed by atoms with van der Waals surface area (Å²) in [5.74, 6) is 0.0197. The Morgan fingerprint density at radius 1 is 1.15 bits per heavy atom. The molecule has 1 aliphatic rings. The number of carbonyl (C=O) groups excluding carboxylic acids is 2. The van der Waals surface area contributed by atoms with Crippen molar-refractivity contribution >= 4 is 35.6 Å². The van der Waals surface area contributed by atoms with Crippen LogP contribution in [-0.4, -0.2) is 42.9 Å². The molecule has 3 rings (SSSR count). The van der Waals surface area contributed by atoms with Crippen molar-refractivity contribution in [3.63, 3.8) is 0 Å². The van der Waals surface area contributed by atoms with Crippen molar-refractivity contribution in [1.82, 2.24) is 15.5 Å². The minimum absolute atomic E-state index is 0. The summed E-state index contributed by atoms with van der Waals surface area (Å²) in [6.07, 6.45) is 1.99. The highest BCUT2D eigenvalue weighted by atomic mass is 35.5. The Kier molecular flexibility index (Phi) is 7.63. The maximum absolute atomic E-state index is 12.6. The number of rotatable bonds is 5. The van der Waals surface area contributed by atoms with Crippen LogP contribution in [0.15, 0.2) is 41.8 Å². The molecule has 0 aliphatic carbocycles. The van der Waals surface area contributed by atoms with E-state index in [2.05, 4.69) is 10.6 Å². The highest BCUT2D eigenvalue weighted by Crippen LogP contribution is 2.15. The monoisotopic (exact) mass is 393 g/mol. The highest BCUT2D eigenvalue weighted by molar-refractivity contribution is 7.12. The molecule has 2 heterocycles. The molecule has 1 fully saturated rings. The highest BCUT2D eigenvalue weighted by Gasteiger charge is 2.22. The number of nitrogens with one attached hydrogen (secondary N) is 2. The number of thiophene rings is 1. The van der Waals surface area contributed by atoms with E-state index in [1.165, 1.54) is 11.3 Å². The van der Waals surface area contributed by atoms with Gasteiger partial charge in [-0.05, 0) is 49.0 Å². The molecular weight excluding hydrogens is 370 g/mol. The molecule has 1 saturated heterocycles. The second kappa shape index (κ2) is 9.71. The molecule has 1 aromatic carbocycles. The third kappa shape index (κ3) is 5.06. The van der Waals surface area contributed by atoms with Crippen molar-refractivity contribution in [1.29, 1.82) is 0 Å². The number of benzene rings is 1. The van der Waals surface area contributed by atoms with Gasteiger partial charge >= 0.3 is 0 Å². The van der Waals surface area contributed by atoms with Crippen molar-refractivity contribution < 1.29 is 9.59 Å². The van der Waals surface area contributed by atoms with Crippen LogP contribution in [0, 0.1) is 0 Å². The van der Waals surface area contributed by atoms with E-state index in [1.54, 1.807) is 6.07 Å². The van der Waals surface area contributed by atoms with Gasteiger partial charge in [0.2, 0.25) is 0 Å². The van der Waals surface area contributed by atoms with Crippen LogP contribution in [0.25, 0.3) is 0 Å². The van der Waals surface area contributed by atoms with Gasteiger partial charge in [-0.2, -0.15) is 0 Å². The molecule has 7 heteroatoms. The van der Waals surface area contributed by atoms with Crippen LogP contribution in [0.2, 0.25) is 0 Å². The molecule has 2 amide bonds. The predicted molar refractivity (Wildman–Crippen MR) is 107 cm³/mol. The first-order valence-electron chi connectivity index (χ1n) is 8.54. The standard InChI is InChI=1S/C19H23N3O2S.ClH/c1-20-16-8-10-22(11-9-16)19(24)15-6-4-14(5-7-15)13-21-18(23)17-3-2-12-25-17;/h2-7,12,16,20H,8-11,13H2,1H3,(H,21,23);1H. The fourth-order valence-electron chi connectivity index (χ4n) is 3.00. The number of halogens is 1. The molecule has 0 unspecified atom stereocenters. The van der Waals surface area contributed by atoms with Crippen LogP contribution in [0.5, 0.6) is 0 Å². The molecule has 1 aliphatic heterocycles. The van der Waals surface area contributed by atoms with Gasteiger partial charge in [0.15, 0.2) is 0 Å². The van der Waals surface area contributed by atoms with Crippen LogP contribution in [0.3, 0.4) is 0 Å². The van der Waals surface area contributed by atoms with Crippen LogP contribution < -0.4 is 10.6 Å². The van der Waals surface area contributed by atoms with E-state index in [4.69, 9.17) is 0 Å². The Labute approximate surface area is 164 Å². The molecule has 0 bridgehead atoms. The normalized spacial score (nSPS) is 14.6. The molecule has 0 spiro atoms. The smallest absolute Gasteiger partial charge is 0.261 e. The molecule has 0 atom stereocenters. The third-order valence-electron chi connectivity index (χ3n) is 4.59. The number of likely N-dealkylation sites (tertiary alicyclic amines) is 1. The van der Waals surface area contributed by atoms with Crippen molar-refractivity contribution in [2.45, 2.75) is 25.4 Å². The molecule has 2 aromatic rings. The lowest BCUT2D eigenvalue weighted by Crippen LogP contribution is -2.43. The van der Waals surface area contributed by atoms with E-state index in [0.29, 0.717) is 23.0 Å². The zero-order valence-electron chi connectivity index (χ0n) is 14.7. The largest absolute Gasteiger partial charge is 0.347 e. The van der Waals surface area contributed by atoms with E-state index >= 15 is 0 Å². The van der Waals surface area contributed by atoms with Gasteiger partial charge in [-0.25, -0.2) is 0 Å². The molecule has 26 heavy (non-hydrogen) atoms. The number of carbonyl (C=O) groups is 2. The Morgan fingerprint density at radius 3 is 2.42 bits per heavy atom. The molecule has 2 N–H and O–H groups in total. The first-order valence-corrected chi connectivity index (χ1v) is 9.42. The summed E-state index contributed by atoms with van der Waals surface area (Å²) in [6.45, 7) is 2.05. The van der Waals surface area contributed by atoms with Gasteiger partial charge in [0.25, 0.3) is 11.8 Å². The Balaban J connectivity index is 0.00000243. The fourth-order valence-corrected chi connectivity index (χ4v) is 3.64. The first kappa shape index (κ1) is 20.4. The van der Waals surface area contributed by atoms with Crippen LogP contribution >= 0.6 is 23.7 Å². The third-order valence-corrected chi connectivity index (χ3v) is 5.46. The van der Waals surface area contributed by atoms with Crippen molar-refractivity contribution in [3.05, 3.63) is 57.8 Å². The second-order valence-electron chi connectivity index (χ2n) is 6.21. The maximum Gasteiger partial charge on any atom is 0.261 e. The minimum atomic E-state index is -0.0671. The van der Waals surface area contributed by atoms with Crippen molar-refractivity contribution in [2.75, 3.05) is 20.1 Å². The lowest BCUT2D eigenvalue weighted by Gasteiger charge is -2.31. The van der Waals surface area contributed by atoms with Crippen LogP contribution in [-0.2, 0) is 6.54 Å². The first-order chi connectivity index (χ1) is 12.2. The SMILES string of the molecule is CNC1CCN(C(=O)c2ccc(CNC(=O)c3cccs3)cc2)CC1.Cl. The zero-order chi connectivity index (χ0) is 17.6. The Morgan fingerprint density at radius 2 is 1.85 bits per heavy atom. The van der Waals surface area contributed by atoms with Gasteiger partial charge < -0.3 is 15.5 Å². The van der Waals surface area contributed by atoms with Gasteiger partial charge in [0.1, 0.15) is 0 Å². The van der Waals surface area contributed by atoms with Crippen LogP contribution in [0.4, 0.5) is 0 Å². The lowest BCUT2D eigenvalue weighted by molar-refractivity contribution is 0.0707. The zero-order valence-corrected chi connectivity index (χ0v) is 16.4. The quantitative estimate of drug-likeness (QED) is 0.821. The van der Waals surface area contributed by atoms with Crippen LogP contribution in [0.1, 0.15) is 38.4 Å². The van der Waals surface area contributed by atoms with Crippen molar-refractivity contribution in [2.24, 2.45) is 0 Å². The van der Waals surface area contributed by atoms with E-state index < -0.39 is 0 Å². The average Bonchev–Trinajstić information content (AvgIpc) is 3.21. The molecule has 0 radical (unpaired) electrons. The maximum atomic E-state index is 12.6. The van der Waals surface area contributed by atoms with E-state index in [-0.39, 0.29) is 24.2 Å². The van der Waals surface area contributed by atoms with Gasteiger partial charge in [0.05, 0.1) is 4.88 Å². The second-order valence-corrected chi connectivity index (χ2v) is 7.16. The number of hydrogen-bond acceptors (Lipinski definition) is 4. The Hall–Kier alpha value is -1.89. The molecule has 5 nitrogen and oxygen atoms in total. The number of nitrogens with zero attached hydrogens (tertiary/aromatic N) is 1. The van der Waals surface area contributed by atoms with Crippen molar-refractivity contribution in [3.8, 4) is 0 Å². The summed E-state index contributed by atoms with van der Waals surface area (Å²) < 4.78 is 0. The van der Waals surface area contributed by atoms with Gasteiger partial charge in [0, 0.05) is 31.2 Å². The molecule has 140 valence electrons. The summed E-state index contributed by atoms with van der Waals surface area (Å²) in [7, 11) is 1.97. The Bertz CT molecular complexity index is 711. The average molecular weight is 394 g/mol. The number of amides is 2. The molecule has 0 saturated carbocycles. The van der Waals surface area contributed by atoms with E-state index in [9.17, 15) is 9.59 Å². The van der Waals surface area contributed by atoms with Gasteiger partial charge in [-0.1, -0.05) is 18.2 Å². The summed E-state index contributed by atoms with van der Waals surface area (Å²) in [5, 5.41) is 8.05. The number of piperidine rings is 1. The summed E-state index contributed by atoms with van der Waals surface area (Å²) in [5.41, 5.74) is 1.69. The van der Waals surface area contributed by atoms with E-state index in [0.717, 1.165) is 31.5 Å². The molecular formula is C19H24ClN3O2S. The summed E-state index contributed by atoms with van der Waals surface area (Å²) in [4.78, 5) is 27.1.